The zero-order chi connectivity index (χ0) is 19.0. The van der Waals surface area contributed by atoms with Gasteiger partial charge in [-0.05, 0) is 50.3 Å². The number of carbonyl (C=O) groups excluding carboxylic acids is 2. The fourth-order valence-electron chi connectivity index (χ4n) is 4.51. The molecule has 0 saturated carbocycles. The first-order chi connectivity index (χ1) is 13.0. The van der Waals surface area contributed by atoms with Crippen LogP contribution in [0.2, 0.25) is 0 Å². The maximum absolute atomic E-state index is 13.2. The molecule has 2 heterocycles. The minimum absolute atomic E-state index is 0.0433. The third-order valence-corrected chi connectivity index (χ3v) is 5.69. The highest BCUT2D eigenvalue weighted by molar-refractivity contribution is 6.01. The molecule has 140 valence electrons. The van der Waals surface area contributed by atoms with Gasteiger partial charge in [0.25, 0.3) is 0 Å². The summed E-state index contributed by atoms with van der Waals surface area (Å²) in [6.07, 6.45) is 3.23. The second kappa shape index (κ2) is 7.18. The molecule has 0 aromatic heterocycles. The number of benzene rings is 2. The smallest absolute Gasteiger partial charge is 0.243 e. The molecule has 2 aromatic rings. The number of rotatable bonds is 3. The van der Waals surface area contributed by atoms with E-state index in [1.807, 2.05) is 29.2 Å². The van der Waals surface area contributed by atoms with Crippen molar-refractivity contribution in [1.29, 1.82) is 0 Å². The van der Waals surface area contributed by atoms with Gasteiger partial charge < -0.3 is 9.80 Å². The predicted octanol–water partition coefficient (Wildman–Crippen LogP) is 3.95. The molecule has 0 spiro atoms. The van der Waals surface area contributed by atoms with Gasteiger partial charge in [0.05, 0.1) is 6.04 Å². The molecule has 0 aliphatic carbocycles. The van der Waals surface area contributed by atoms with E-state index in [1.165, 1.54) is 16.7 Å². The Bertz CT molecular complexity index is 869. The summed E-state index contributed by atoms with van der Waals surface area (Å²) in [6.45, 7) is 5.10. The van der Waals surface area contributed by atoms with E-state index in [4.69, 9.17) is 0 Å². The molecule has 1 unspecified atom stereocenters. The quantitative estimate of drug-likeness (QED) is 0.830. The van der Waals surface area contributed by atoms with Crippen molar-refractivity contribution >= 4 is 17.5 Å². The molecular formula is C23H26N2O2. The lowest BCUT2D eigenvalue weighted by Crippen LogP contribution is -2.44. The summed E-state index contributed by atoms with van der Waals surface area (Å²) in [7, 11) is 0. The molecule has 2 aliphatic heterocycles. The first-order valence-corrected chi connectivity index (χ1v) is 9.79. The van der Waals surface area contributed by atoms with E-state index in [1.54, 1.807) is 4.90 Å². The van der Waals surface area contributed by atoms with Gasteiger partial charge in [0.2, 0.25) is 11.8 Å². The number of fused-ring (bicyclic) bond motifs is 1. The number of carbonyl (C=O) groups is 2. The van der Waals surface area contributed by atoms with Crippen LogP contribution in [-0.2, 0) is 16.0 Å². The van der Waals surface area contributed by atoms with Crippen LogP contribution in [-0.4, -0.2) is 29.8 Å². The molecule has 0 N–H and O–H groups in total. The molecular weight excluding hydrogens is 336 g/mol. The standard InChI is InChI=1S/C23H26N2O2/c1-16-12-17(2)14-19(13-16)21-8-5-11-24(21)23(27)15-25-20-7-4-3-6-18(20)9-10-22(25)26/h3-4,6-7,12-14,21H,5,8-11,15H2,1-2H3. The van der Waals surface area contributed by atoms with Gasteiger partial charge in [-0.25, -0.2) is 0 Å². The van der Waals surface area contributed by atoms with Crippen molar-refractivity contribution in [2.45, 2.75) is 45.6 Å². The zero-order valence-electron chi connectivity index (χ0n) is 16.1. The summed E-state index contributed by atoms with van der Waals surface area (Å²) >= 11 is 0. The van der Waals surface area contributed by atoms with Crippen molar-refractivity contribution in [2.24, 2.45) is 0 Å². The van der Waals surface area contributed by atoms with Crippen LogP contribution in [0, 0.1) is 13.8 Å². The zero-order valence-corrected chi connectivity index (χ0v) is 16.1. The van der Waals surface area contributed by atoms with E-state index in [0.717, 1.165) is 37.1 Å². The Morgan fingerprint density at radius 2 is 1.81 bits per heavy atom. The summed E-state index contributed by atoms with van der Waals surface area (Å²) < 4.78 is 0. The molecule has 0 radical (unpaired) electrons. The Balaban J connectivity index is 1.56. The van der Waals surface area contributed by atoms with E-state index in [0.29, 0.717) is 6.42 Å². The summed E-state index contributed by atoms with van der Waals surface area (Å²) in [6, 6.07) is 14.6. The van der Waals surface area contributed by atoms with Gasteiger partial charge in [0.15, 0.2) is 0 Å². The normalized spacial score (nSPS) is 19.3. The Labute approximate surface area is 160 Å². The van der Waals surface area contributed by atoms with Crippen LogP contribution in [0.3, 0.4) is 0 Å². The average molecular weight is 362 g/mol. The minimum atomic E-state index is 0.0433. The van der Waals surface area contributed by atoms with Crippen LogP contribution in [0.1, 0.15) is 47.6 Å². The molecule has 2 aromatic carbocycles. The van der Waals surface area contributed by atoms with Crippen molar-refractivity contribution in [3.63, 3.8) is 0 Å². The van der Waals surface area contributed by atoms with Crippen molar-refractivity contribution in [2.75, 3.05) is 18.0 Å². The summed E-state index contributed by atoms with van der Waals surface area (Å²) in [5, 5.41) is 0. The molecule has 2 amide bonds. The Morgan fingerprint density at radius 3 is 2.59 bits per heavy atom. The van der Waals surface area contributed by atoms with E-state index in [-0.39, 0.29) is 24.4 Å². The molecule has 4 nitrogen and oxygen atoms in total. The Hall–Kier alpha value is -2.62. The van der Waals surface area contributed by atoms with Gasteiger partial charge in [-0.15, -0.1) is 0 Å². The molecule has 4 heteroatoms. The predicted molar refractivity (Wildman–Crippen MR) is 107 cm³/mol. The summed E-state index contributed by atoms with van der Waals surface area (Å²) in [5.41, 5.74) is 5.71. The van der Waals surface area contributed by atoms with Gasteiger partial charge in [-0.2, -0.15) is 0 Å². The first kappa shape index (κ1) is 17.8. The number of nitrogens with zero attached hydrogens (tertiary/aromatic N) is 2. The van der Waals surface area contributed by atoms with E-state index in [2.05, 4.69) is 32.0 Å². The van der Waals surface area contributed by atoms with Crippen molar-refractivity contribution < 1.29 is 9.59 Å². The number of likely N-dealkylation sites (tertiary alicyclic amines) is 1. The maximum Gasteiger partial charge on any atom is 0.243 e. The van der Waals surface area contributed by atoms with E-state index >= 15 is 0 Å². The second-order valence-corrected chi connectivity index (χ2v) is 7.77. The Kier molecular flexibility index (Phi) is 4.73. The number of amides is 2. The van der Waals surface area contributed by atoms with E-state index in [9.17, 15) is 9.59 Å². The summed E-state index contributed by atoms with van der Waals surface area (Å²) in [5.74, 6) is 0.0888. The topological polar surface area (TPSA) is 40.6 Å². The SMILES string of the molecule is Cc1cc(C)cc(C2CCCN2C(=O)CN2C(=O)CCc3ccccc32)c1. The Morgan fingerprint density at radius 1 is 1.07 bits per heavy atom. The van der Waals surface area contributed by atoms with Crippen LogP contribution in [0.15, 0.2) is 42.5 Å². The number of para-hydroxylation sites is 1. The highest BCUT2D eigenvalue weighted by Crippen LogP contribution is 2.34. The van der Waals surface area contributed by atoms with Gasteiger partial charge in [-0.3, -0.25) is 9.59 Å². The van der Waals surface area contributed by atoms with Gasteiger partial charge >= 0.3 is 0 Å². The number of hydrogen-bond acceptors (Lipinski definition) is 2. The second-order valence-electron chi connectivity index (χ2n) is 7.77. The fourth-order valence-corrected chi connectivity index (χ4v) is 4.51. The van der Waals surface area contributed by atoms with E-state index < -0.39 is 0 Å². The third-order valence-electron chi connectivity index (χ3n) is 5.69. The van der Waals surface area contributed by atoms with Crippen LogP contribution in [0.5, 0.6) is 0 Å². The molecule has 0 bridgehead atoms. The number of aryl methyl sites for hydroxylation is 3. The van der Waals surface area contributed by atoms with Crippen LogP contribution in [0.25, 0.3) is 0 Å². The van der Waals surface area contributed by atoms with Gasteiger partial charge in [-0.1, -0.05) is 47.5 Å². The highest BCUT2D eigenvalue weighted by atomic mass is 16.2. The third kappa shape index (κ3) is 3.48. The first-order valence-electron chi connectivity index (χ1n) is 9.79. The van der Waals surface area contributed by atoms with Gasteiger partial charge in [0, 0.05) is 18.7 Å². The molecule has 4 rings (SSSR count). The monoisotopic (exact) mass is 362 g/mol. The minimum Gasteiger partial charge on any atom is -0.334 e. The fraction of sp³-hybridized carbons (Fsp3) is 0.391. The number of hydrogen-bond donors (Lipinski definition) is 0. The number of anilines is 1. The van der Waals surface area contributed by atoms with Crippen molar-refractivity contribution in [1.82, 2.24) is 4.90 Å². The lowest BCUT2D eigenvalue weighted by molar-refractivity contribution is -0.132. The molecule has 27 heavy (non-hydrogen) atoms. The lowest BCUT2D eigenvalue weighted by atomic mass is 9.99. The molecule has 1 fully saturated rings. The van der Waals surface area contributed by atoms with Crippen LogP contribution in [0.4, 0.5) is 5.69 Å². The average Bonchev–Trinajstić information content (AvgIpc) is 3.13. The van der Waals surface area contributed by atoms with Gasteiger partial charge in [0.1, 0.15) is 6.54 Å². The van der Waals surface area contributed by atoms with Crippen LogP contribution >= 0.6 is 0 Å². The maximum atomic E-state index is 13.2. The van der Waals surface area contributed by atoms with Crippen LogP contribution < -0.4 is 4.90 Å². The summed E-state index contributed by atoms with van der Waals surface area (Å²) in [4.78, 5) is 29.3. The largest absolute Gasteiger partial charge is 0.334 e. The molecule has 1 atom stereocenters. The highest BCUT2D eigenvalue weighted by Gasteiger charge is 2.33. The van der Waals surface area contributed by atoms with Crippen molar-refractivity contribution in [3.8, 4) is 0 Å². The molecule has 1 saturated heterocycles. The molecule has 2 aliphatic rings. The lowest BCUT2D eigenvalue weighted by Gasteiger charge is -2.32. The van der Waals surface area contributed by atoms with Crippen molar-refractivity contribution in [3.05, 3.63) is 64.7 Å².